The van der Waals surface area contributed by atoms with Gasteiger partial charge in [0.25, 0.3) is 0 Å². The third-order valence-corrected chi connectivity index (χ3v) is 13.1. The second kappa shape index (κ2) is 15.0. The Morgan fingerprint density at radius 3 is 2.51 bits per heavy atom. The lowest BCUT2D eigenvalue weighted by Gasteiger charge is -2.48. The summed E-state index contributed by atoms with van der Waals surface area (Å²) in [4.78, 5) is 60.8. The molecule has 4 heterocycles. The van der Waals surface area contributed by atoms with E-state index in [0.29, 0.717) is 18.1 Å². The Labute approximate surface area is 333 Å². The van der Waals surface area contributed by atoms with E-state index in [1.54, 1.807) is 25.8 Å². The molecule has 14 nitrogen and oxygen atoms in total. The maximum absolute atomic E-state index is 14.7. The van der Waals surface area contributed by atoms with Gasteiger partial charge in [-0.05, 0) is 89.2 Å². The highest BCUT2D eigenvalue weighted by Crippen LogP contribution is 2.63. The van der Waals surface area contributed by atoms with Crippen LogP contribution in [0, 0.1) is 23.2 Å². The van der Waals surface area contributed by atoms with Gasteiger partial charge in [-0.3, -0.25) is 24.0 Å². The van der Waals surface area contributed by atoms with Crippen LogP contribution in [0.5, 0.6) is 0 Å². The molecule has 3 unspecified atom stereocenters. The standard InChI is InChI=1S/C43H57N3O11/c1-41(2,3)54-34(49)16-14-29(23-47)45-33(48)17-18-44-40(51)42-21-32-35-36(56-43(55-35,27-10-11-27)28-12-13-28)38(42)57-46(37(42)39(50)53-32)22-26-6-4-5-24(19-26)7-8-25-9-15-30-31(20-25)52-30/h4-8,19,25,27-32,35-38,47H,9-18,20-23H2,1-3H3,(H,44,51)(H,45,48)/t25?,29-,30?,31?,32+,35-,36-,37-,38+,42-/m0/s1. The number of nitrogens with one attached hydrogen (secondary N) is 2. The molecule has 4 aliphatic carbocycles. The number of carbonyl (C=O) groups excluding carboxylic acids is 4. The maximum Gasteiger partial charge on any atom is 0.327 e. The normalized spacial score (nSPS) is 35.5. The number of ether oxygens (including phenoxy) is 5. The quantitative estimate of drug-likeness (QED) is 0.175. The molecule has 2 bridgehead atoms. The molecule has 8 fully saturated rings. The summed E-state index contributed by atoms with van der Waals surface area (Å²) in [6.45, 7) is 5.20. The molecule has 1 aromatic carbocycles. The number of aliphatic hydroxyl groups is 1. The van der Waals surface area contributed by atoms with Gasteiger partial charge in [-0.25, -0.2) is 0 Å². The molecule has 10 atom stereocenters. The second-order valence-corrected chi connectivity index (χ2v) is 18.6. The topological polar surface area (TPSA) is 174 Å². The predicted octanol–water partition coefficient (Wildman–Crippen LogP) is 3.47. The van der Waals surface area contributed by atoms with Crippen LogP contribution in [0.3, 0.4) is 0 Å². The van der Waals surface area contributed by atoms with E-state index >= 15 is 0 Å². The van der Waals surface area contributed by atoms with Crippen LogP contribution >= 0.6 is 0 Å². The van der Waals surface area contributed by atoms with Crippen LogP contribution in [0.1, 0.15) is 103 Å². The van der Waals surface area contributed by atoms with Crippen molar-refractivity contribution in [2.75, 3.05) is 13.2 Å². The molecule has 57 heavy (non-hydrogen) atoms. The highest BCUT2D eigenvalue weighted by Gasteiger charge is 2.78. The molecule has 14 heteroatoms. The van der Waals surface area contributed by atoms with Crippen molar-refractivity contribution in [1.29, 1.82) is 0 Å². The molecule has 2 amide bonds. The van der Waals surface area contributed by atoms with E-state index < -0.39 is 77.1 Å². The van der Waals surface area contributed by atoms with E-state index in [0.717, 1.165) is 56.1 Å². The minimum atomic E-state index is -1.35. The van der Waals surface area contributed by atoms with E-state index in [2.05, 4.69) is 34.9 Å². The first kappa shape index (κ1) is 39.1. The molecule has 4 saturated carbocycles. The van der Waals surface area contributed by atoms with Crippen molar-refractivity contribution in [2.45, 2.75) is 158 Å². The highest BCUT2D eigenvalue weighted by molar-refractivity contribution is 5.94. The first-order chi connectivity index (χ1) is 27.3. The number of aliphatic hydroxyl groups excluding tert-OH is 1. The van der Waals surface area contributed by atoms with E-state index in [-0.39, 0.29) is 57.2 Å². The summed E-state index contributed by atoms with van der Waals surface area (Å²) in [6, 6.07) is 6.42. The average Bonchev–Trinajstić information content (AvgIpc) is 4.07. The van der Waals surface area contributed by atoms with Gasteiger partial charge in [0.2, 0.25) is 11.8 Å². The zero-order valence-corrected chi connectivity index (χ0v) is 33.2. The number of hydrogen-bond donors (Lipinski definition) is 3. The lowest BCUT2D eigenvalue weighted by Crippen LogP contribution is -2.69. The molecule has 0 radical (unpaired) electrons. The van der Waals surface area contributed by atoms with Crippen LogP contribution < -0.4 is 10.6 Å². The van der Waals surface area contributed by atoms with Gasteiger partial charge < -0.3 is 39.4 Å². The number of carbonyl (C=O) groups is 4. The average molecular weight is 792 g/mol. The Hall–Kier alpha value is -3.40. The van der Waals surface area contributed by atoms with Crippen molar-refractivity contribution >= 4 is 29.8 Å². The molecule has 4 aliphatic heterocycles. The van der Waals surface area contributed by atoms with Gasteiger partial charge >= 0.3 is 11.9 Å². The zero-order valence-electron chi connectivity index (χ0n) is 33.2. The van der Waals surface area contributed by atoms with Crippen LogP contribution in [-0.2, 0) is 54.2 Å². The molecule has 9 rings (SSSR count). The largest absolute Gasteiger partial charge is 0.460 e. The Bertz CT molecular complexity index is 1760. The van der Waals surface area contributed by atoms with Crippen molar-refractivity contribution in [2.24, 2.45) is 23.2 Å². The number of allylic oxidation sites excluding steroid dienone is 1. The number of hydrogen-bond acceptors (Lipinski definition) is 12. The summed E-state index contributed by atoms with van der Waals surface area (Å²) < 4.78 is 31.0. The smallest absolute Gasteiger partial charge is 0.327 e. The number of esters is 2. The van der Waals surface area contributed by atoms with Gasteiger partial charge in [0.1, 0.15) is 35.4 Å². The van der Waals surface area contributed by atoms with Crippen LogP contribution in [0.25, 0.3) is 6.08 Å². The van der Waals surface area contributed by atoms with Crippen molar-refractivity contribution in [3.05, 3.63) is 41.5 Å². The van der Waals surface area contributed by atoms with Crippen molar-refractivity contribution in [3.8, 4) is 0 Å². The Morgan fingerprint density at radius 2 is 1.79 bits per heavy atom. The number of hydroxylamine groups is 2. The van der Waals surface area contributed by atoms with Gasteiger partial charge in [-0.2, -0.15) is 5.06 Å². The maximum atomic E-state index is 14.7. The van der Waals surface area contributed by atoms with Gasteiger partial charge in [0.05, 0.1) is 31.4 Å². The van der Waals surface area contributed by atoms with Crippen molar-refractivity contribution in [3.63, 3.8) is 0 Å². The summed E-state index contributed by atoms with van der Waals surface area (Å²) in [5, 5.41) is 17.2. The molecular weight excluding hydrogens is 734 g/mol. The molecular formula is C43H57N3O11. The number of benzene rings is 1. The number of rotatable bonds is 15. The SMILES string of the molecule is CC(C)(C)OC(=O)CC[C@@H](CO)NC(=O)CCNC(=O)[C@@]12C[C@H]3OC(=O)[C@@H]1N(Cc1cccc(C=CC4CCC5OC5C4)c1)O[C@@H]2[C@H]1OC(C2CC2)(C2CC2)O[C@H]13. The molecule has 4 saturated heterocycles. The van der Waals surface area contributed by atoms with Gasteiger partial charge in [-0.1, -0.05) is 36.4 Å². The van der Waals surface area contributed by atoms with Crippen LogP contribution in [0.15, 0.2) is 30.3 Å². The van der Waals surface area contributed by atoms with E-state index in [9.17, 15) is 24.3 Å². The van der Waals surface area contributed by atoms with Crippen LogP contribution in [-0.4, -0.2) is 107 Å². The minimum Gasteiger partial charge on any atom is -0.460 e. The fraction of sp³-hybridized carbons (Fsp3) is 0.721. The van der Waals surface area contributed by atoms with Gasteiger partial charge in [0.15, 0.2) is 11.8 Å². The van der Waals surface area contributed by atoms with Crippen LogP contribution in [0.2, 0.25) is 0 Å². The number of epoxide rings is 1. The van der Waals surface area contributed by atoms with E-state index in [1.807, 2.05) is 12.1 Å². The van der Waals surface area contributed by atoms with E-state index in [4.69, 9.17) is 28.5 Å². The highest BCUT2D eigenvalue weighted by atomic mass is 16.8. The predicted molar refractivity (Wildman–Crippen MR) is 202 cm³/mol. The Morgan fingerprint density at radius 1 is 1.02 bits per heavy atom. The number of nitrogens with zero attached hydrogens (tertiary/aromatic N) is 1. The summed E-state index contributed by atoms with van der Waals surface area (Å²) in [6.07, 6.45) is 10.3. The summed E-state index contributed by atoms with van der Waals surface area (Å²) in [5.74, 6) is -1.51. The first-order valence-corrected chi connectivity index (χ1v) is 21.2. The van der Waals surface area contributed by atoms with E-state index in [1.165, 1.54) is 0 Å². The molecule has 0 spiro atoms. The monoisotopic (exact) mass is 791 g/mol. The third kappa shape index (κ3) is 7.78. The fourth-order valence-electron chi connectivity index (χ4n) is 10.1. The summed E-state index contributed by atoms with van der Waals surface area (Å²) >= 11 is 0. The minimum absolute atomic E-state index is 0.0156. The molecule has 1 aromatic rings. The molecule has 3 N–H and O–H groups in total. The molecule has 0 aromatic heterocycles. The first-order valence-electron chi connectivity index (χ1n) is 21.2. The number of amides is 2. The third-order valence-electron chi connectivity index (χ3n) is 13.1. The van der Waals surface area contributed by atoms with Crippen molar-refractivity contribution in [1.82, 2.24) is 15.7 Å². The lowest BCUT2D eigenvalue weighted by atomic mass is 9.62. The molecule has 310 valence electrons. The summed E-state index contributed by atoms with van der Waals surface area (Å²) in [7, 11) is 0. The zero-order chi connectivity index (χ0) is 39.7. The van der Waals surface area contributed by atoms with Crippen LogP contribution in [0.4, 0.5) is 0 Å². The Balaban J connectivity index is 0.908. The Kier molecular flexibility index (Phi) is 10.3. The molecule has 8 aliphatic rings. The fourth-order valence-corrected chi connectivity index (χ4v) is 10.1. The van der Waals surface area contributed by atoms with Crippen molar-refractivity contribution < 1.29 is 52.8 Å². The van der Waals surface area contributed by atoms with Gasteiger partial charge in [0, 0.05) is 37.6 Å². The van der Waals surface area contributed by atoms with Gasteiger partial charge in [-0.15, -0.1) is 0 Å². The lowest BCUT2D eigenvalue weighted by molar-refractivity contribution is -0.235. The number of fused-ring (bicyclic) bond motifs is 5. The second-order valence-electron chi connectivity index (χ2n) is 18.6. The summed E-state index contributed by atoms with van der Waals surface area (Å²) in [5.41, 5.74) is -0.0287.